The van der Waals surface area contributed by atoms with Crippen LogP contribution in [0.3, 0.4) is 0 Å². The number of aliphatic hydroxyl groups excluding tert-OH is 1. The molecule has 5 heteroatoms. The van der Waals surface area contributed by atoms with E-state index in [-0.39, 0.29) is 12.5 Å². The smallest absolute Gasteiger partial charge is 0.239 e. The number of aromatic nitrogens is 1. The molecule has 1 heterocycles. The largest absolute Gasteiger partial charge is 0.389 e. The summed E-state index contributed by atoms with van der Waals surface area (Å²) in [5, 5.41) is 12.0. The first-order valence-corrected chi connectivity index (χ1v) is 5.68. The number of rotatable bonds is 5. The predicted octanol–water partition coefficient (Wildman–Crippen LogP) is 0.707. The second kappa shape index (κ2) is 6.20. The van der Waals surface area contributed by atoms with Crippen molar-refractivity contribution in [2.45, 2.75) is 20.0 Å². The van der Waals surface area contributed by atoms with Gasteiger partial charge in [-0.15, -0.1) is 0 Å². The minimum absolute atomic E-state index is 0.0479. The molecule has 0 aromatic carbocycles. The Kier molecular flexibility index (Phi) is 4.90. The molecule has 1 unspecified atom stereocenters. The van der Waals surface area contributed by atoms with E-state index in [1.807, 2.05) is 24.0 Å². The minimum Gasteiger partial charge on any atom is -0.389 e. The molecule has 1 aromatic rings. The average molecular weight is 237 g/mol. The Labute approximate surface area is 101 Å². The summed E-state index contributed by atoms with van der Waals surface area (Å²) < 4.78 is 0. The zero-order valence-electron chi connectivity index (χ0n) is 10.5. The van der Waals surface area contributed by atoms with Crippen molar-refractivity contribution >= 4 is 11.7 Å². The Bertz CT molecular complexity index is 363. The molecule has 1 rings (SSSR count). The maximum absolute atomic E-state index is 11.3. The zero-order valence-corrected chi connectivity index (χ0v) is 10.5. The normalized spacial score (nSPS) is 12.0. The third kappa shape index (κ3) is 3.71. The summed E-state index contributed by atoms with van der Waals surface area (Å²) in [6.07, 6.45) is 1.11. The number of nitrogens with zero attached hydrogens (tertiary/aromatic N) is 2. The molecule has 0 aliphatic heterocycles. The summed E-state index contributed by atoms with van der Waals surface area (Å²) in [5.74, 6) is 0.689. The standard InChI is InChI=1S/C12H19N3O2/c1-4-15(8-12(17)13-3)11-6-5-10(7-14-11)9(2)16/h5-7,9,16H,4,8H2,1-3H3,(H,13,17). The zero-order chi connectivity index (χ0) is 12.8. The number of carbonyl (C=O) groups excluding carboxylic acids is 1. The van der Waals surface area contributed by atoms with Gasteiger partial charge < -0.3 is 15.3 Å². The van der Waals surface area contributed by atoms with Crippen molar-refractivity contribution in [1.82, 2.24) is 10.3 Å². The fourth-order valence-electron chi connectivity index (χ4n) is 1.44. The Balaban J connectivity index is 2.78. The van der Waals surface area contributed by atoms with Gasteiger partial charge in [0.05, 0.1) is 12.6 Å². The number of likely N-dealkylation sites (N-methyl/N-ethyl adjacent to an activating group) is 2. The number of amides is 1. The molecule has 0 spiro atoms. The molecule has 17 heavy (non-hydrogen) atoms. The molecule has 1 aromatic heterocycles. The molecule has 1 atom stereocenters. The Hall–Kier alpha value is -1.62. The molecule has 0 fully saturated rings. The number of pyridine rings is 1. The molecule has 0 aliphatic rings. The van der Waals surface area contributed by atoms with Crippen LogP contribution in [0.5, 0.6) is 0 Å². The van der Waals surface area contributed by atoms with Crippen LogP contribution in [0.25, 0.3) is 0 Å². The summed E-state index contributed by atoms with van der Waals surface area (Å²) in [4.78, 5) is 17.4. The van der Waals surface area contributed by atoms with Crippen LogP contribution in [-0.4, -0.2) is 36.1 Å². The summed E-state index contributed by atoms with van der Waals surface area (Å²) >= 11 is 0. The summed E-state index contributed by atoms with van der Waals surface area (Å²) in [6, 6.07) is 3.63. The summed E-state index contributed by atoms with van der Waals surface area (Å²) in [5.41, 5.74) is 0.768. The molecule has 0 bridgehead atoms. The van der Waals surface area contributed by atoms with E-state index < -0.39 is 6.10 Å². The number of hydrogen-bond donors (Lipinski definition) is 2. The van der Waals surface area contributed by atoms with E-state index in [1.165, 1.54) is 0 Å². The van der Waals surface area contributed by atoms with Crippen molar-refractivity contribution in [2.24, 2.45) is 0 Å². The molecule has 94 valence electrons. The molecule has 0 radical (unpaired) electrons. The van der Waals surface area contributed by atoms with Gasteiger partial charge in [-0.05, 0) is 25.5 Å². The number of aliphatic hydroxyl groups is 1. The van der Waals surface area contributed by atoms with Crippen molar-refractivity contribution in [1.29, 1.82) is 0 Å². The number of carbonyl (C=O) groups is 1. The SMILES string of the molecule is CCN(CC(=O)NC)c1ccc(C(C)O)cn1. The Morgan fingerprint density at radius 2 is 2.29 bits per heavy atom. The maximum Gasteiger partial charge on any atom is 0.239 e. The summed E-state index contributed by atoms with van der Waals surface area (Å²) in [6.45, 7) is 4.65. The van der Waals surface area contributed by atoms with E-state index in [1.54, 1.807) is 20.2 Å². The first kappa shape index (κ1) is 13.4. The molecular weight excluding hydrogens is 218 g/mol. The molecule has 0 saturated heterocycles. The van der Waals surface area contributed by atoms with Crippen molar-refractivity contribution in [3.05, 3.63) is 23.9 Å². The second-order valence-corrected chi connectivity index (χ2v) is 3.81. The highest BCUT2D eigenvalue weighted by Crippen LogP contribution is 2.15. The van der Waals surface area contributed by atoms with Crippen LogP contribution in [0, 0.1) is 0 Å². The fourth-order valence-corrected chi connectivity index (χ4v) is 1.44. The van der Waals surface area contributed by atoms with Gasteiger partial charge in [-0.3, -0.25) is 4.79 Å². The lowest BCUT2D eigenvalue weighted by Crippen LogP contribution is -2.35. The van der Waals surface area contributed by atoms with E-state index in [0.717, 1.165) is 11.4 Å². The van der Waals surface area contributed by atoms with Crippen LogP contribution in [0.1, 0.15) is 25.5 Å². The van der Waals surface area contributed by atoms with Crippen LogP contribution in [-0.2, 0) is 4.79 Å². The first-order chi connectivity index (χ1) is 8.08. The number of hydrogen-bond acceptors (Lipinski definition) is 4. The van der Waals surface area contributed by atoms with Crippen molar-refractivity contribution in [2.75, 3.05) is 25.0 Å². The van der Waals surface area contributed by atoms with E-state index in [4.69, 9.17) is 0 Å². The van der Waals surface area contributed by atoms with Crippen LogP contribution >= 0.6 is 0 Å². The number of anilines is 1. The van der Waals surface area contributed by atoms with Crippen LogP contribution in [0.2, 0.25) is 0 Å². The molecule has 0 aliphatic carbocycles. The highest BCUT2D eigenvalue weighted by molar-refractivity contribution is 5.80. The van der Waals surface area contributed by atoms with Crippen molar-refractivity contribution in [3.8, 4) is 0 Å². The quantitative estimate of drug-likeness (QED) is 0.791. The highest BCUT2D eigenvalue weighted by atomic mass is 16.3. The van der Waals surface area contributed by atoms with E-state index in [9.17, 15) is 9.90 Å². The lowest BCUT2D eigenvalue weighted by Gasteiger charge is -2.21. The van der Waals surface area contributed by atoms with E-state index >= 15 is 0 Å². The second-order valence-electron chi connectivity index (χ2n) is 3.81. The lowest BCUT2D eigenvalue weighted by molar-refractivity contribution is -0.119. The van der Waals surface area contributed by atoms with Gasteiger partial charge in [-0.25, -0.2) is 4.98 Å². The van der Waals surface area contributed by atoms with E-state index in [2.05, 4.69) is 10.3 Å². The van der Waals surface area contributed by atoms with Gasteiger partial charge in [0.2, 0.25) is 5.91 Å². The van der Waals surface area contributed by atoms with Crippen molar-refractivity contribution in [3.63, 3.8) is 0 Å². The molecule has 5 nitrogen and oxygen atoms in total. The van der Waals surface area contributed by atoms with Gasteiger partial charge in [0, 0.05) is 19.8 Å². The topological polar surface area (TPSA) is 65.5 Å². The maximum atomic E-state index is 11.3. The lowest BCUT2D eigenvalue weighted by atomic mass is 10.2. The monoisotopic (exact) mass is 237 g/mol. The van der Waals surface area contributed by atoms with Crippen LogP contribution < -0.4 is 10.2 Å². The van der Waals surface area contributed by atoms with Gasteiger partial charge >= 0.3 is 0 Å². The first-order valence-electron chi connectivity index (χ1n) is 5.68. The van der Waals surface area contributed by atoms with Gasteiger partial charge in [0.25, 0.3) is 0 Å². The van der Waals surface area contributed by atoms with Gasteiger partial charge in [-0.2, -0.15) is 0 Å². The van der Waals surface area contributed by atoms with E-state index in [0.29, 0.717) is 6.54 Å². The van der Waals surface area contributed by atoms with Gasteiger partial charge in [0.1, 0.15) is 5.82 Å². The molecule has 1 amide bonds. The molecular formula is C12H19N3O2. The fraction of sp³-hybridized carbons (Fsp3) is 0.500. The predicted molar refractivity (Wildman–Crippen MR) is 66.8 cm³/mol. The van der Waals surface area contributed by atoms with Crippen LogP contribution in [0.4, 0.5) is 5.82 Å². The average Bonchev–Trinajstić information content (AvgIpc) is 2.35. The Morgan fingerprint density at radius 1 is 1.59 bits per heavy atom. The third-order valence-corrected chi connectivity index (χ3v) is 2.57. The van der Waals surface area contributed by atoms with Gasteiger partial charge in [0.15, 0.2) is 0 Å². The van der Waals surface area contributed by atoms with Crippen LogP contribution in [0.15, 0.2) is 18.3 Å². The molecule has 0 saturated carbocycles. The highest BCUT2D eigenvalue weighted by Gasteiger charge is 2.10. The number of nitrogens with one attached hydrogen (secondary N) is 1. The summed E-state index contributed by atoms with van der Waals surface area (Å²) in [7, 11) is 1.61. The Morgan fingerprint density at radius 3 is 2.71 bits per heavy atom. The minimum atomic E-state index is -0.523. The third-order valence-electron chi connectivity index (χ3n) is 2.57. The molecule has 2 N–H and O–H groups in total. The van der Waals surface area contributed by atoms with Gasteiger partial charge in [-0.1, -0.05) is 6.07 Å². The van der Waals surface area contributed by atoms with Crippen molar-refractivity contribution < 1.29 is 9.90 Å².